The lowest BCUT2D eigenvalue weighted by Gasteiger charge is -2.15. The van der Waals surface area contributed by atoms with Crippen molar-refractivity contribution in [3.8, 4) is 5.75 Å². The molecule has 0 saturated heterocycles. The molecule has 0 saturated carbocycles. The van der Waals surface area contributed by atoms with Crippen LogP contribution >= 0.6 is 0 Å². The van der Waals surface area contributed by atoms with Gasteiger partial charge in [0.05, 0.1) is 6.61 Å². The molecule has 0 aliphatic rings. The lowest BCUT2D eigenvalue weighted by atomic mass is 10.1. The third-order valence-corrected chi connectivity index (χ3v) is 2.22. The number of carbonyl (C=O) groups excluding carboxylic acids is 1. The second-order valence-electron chi connectivity index (χ2n) is 3.60. The van der Waals surface area contributed by atoms with Gasteiger partial charge in [-0.3, -0.25) is 0 Å². The van der Waals surface area contributed by atoms with Gasteiger partial charge in [0, 0.05) is 5.69 Å². The number of benzene rings is 1. The van der Waals surface area contributed by atoms with Gasteiger partial charge in [-0.15, -0.1) is 0 Å². The molecule has 0 fully saturated rings. The van der Waals surface area contributed by atoms with Crippen LogP contribution in [-0.4, -0.2) is 25.6 Å². The zero-order chi connectivity index (χ0) is 13.7. The molecule has 1 aromatic carbocycles. The number of esters is 1. The lowest BCUT2D eigenvalue weighted by Crippen LogP contribution is -2.14. The SMILES string of the molecule is CCOC(=O)c1c(N)ccc(C)c1OCC(F)F. The van der Waals surface area contributed by atoms with Gasteiger partial charge in [0.2, 0.25) is 0 Å². The van der Waals surface area contributed by atoms with Crippen LogP contribution in [0.1, 0.15) is 22.8 Å². The van der Waals surface area contributed by atoms with Crippen molar-refractivity contribution >= 4 is 11.7 Å². The molecule has 100 valence electrons. The average Bonchev–Trinajstić information content (AvgIpc) is 2.30. The van der Waals surface area contributed by atoms with Crippen LogP contribution in [0.2, 0.25) is 0 Å². The summed E-state index contributed by atoms with van der Waals surface area (Å²) < 4.78 is 34.1. The van der Waals surface area contributed by atoms with Gasteiger partial charge >= 0.3 is 5.97 Å². The summed E-state index contributed by atoms with van der Waals surface area (Å²) in [7, 11) is 0. The molecule has 0 bridgehead atoms. The topological polar surface area (TPSA) is 61.5 Å². The van der Waals surface area contributed by atoms with Crippen molar-refractivity contribution in [3.63, 3.8) is 0 Å². The minimum absolute atomic E-state index is 0.00231. The Morgan fingerprint density at radius 1 is 1.44 bits per heavy atom. The van der Waals surface area contributed by atoms with Crippen molar-refractivity contribution in [2.75, 3.05) is 18.9 Å². The summed E-state index contributed by atoms with van der Waals surface area (Å²) >= 11 is 0. The largest absolute Gasteiger partial charge is 0.486 e. The first-order valence-corrected chi connectivity index (χ1v) is 5.44. The van der Waals surface area contributed by atoms with Gasteiger partial charge in [-0.05, 0) is 25.5 Å². The van der Waals surface area contributed by atoms with Gasteiger partial charge < -0.3 is 15.2 Å². The first-order chi connectivity index (χ1) is 8.47. The molecule has 1 rings (SSSR count). The number of halogens is 2. The molecule has 0 radical (unpaired) electrons. The van der Waals surface area contributed by atoms with Crippen molar-refractivity contribution in [2.24, 2.45) is 0 Å². The van der Waals surface area contributed by atoms with Crippen molar-refractivity contribution < 1.29 is 23.0 Å². The summed E-state index contributed by atoms with van der Waals surface area (Å²) in [5.41, 5.74) is 6.35. The van der Waals surface area contributed by atoms with Crippen LogP contribution in [0.15, 0.2) is 12.1 Å². The molecule has 0 aromatic heterocycles. The van der Waals surface area contributed by atoms with E-state index < -0.39 is 19.0 Å². The molecule has 1 aromatic rings. The Labute approximate surface area is 104 Å². The smallest absolute Gasteiger partial charge is 0.344 e. The third-order valence-electron chi connectivity index (χ3n) is 2.22. The minimum atomic E-state index is -2.62. The van der Waals surface area contributed by atoms with E-state index in [9.17, 15) is 13.6 Å². The quantitative estimate of drug-likeness (QED) is 0.651. The van der Waals surface area contributed by atoms with E-state index >= 15 is 0 Å². The minimum Gasteiger partial charge on any atom is -0.486 e. The maximum atomic E-state index is 12.2. The van der Waals surface area contributed by atoms with E-state index in [1.54, 1.807) is 19.9 Å². The summed E-state index contributed by atoms with van der Waals surface area (Å²) in [5, 5.41) is 0. The molecular weight excluding hydrogens is 244 g/mol. The van der Waals surface area contributed by atoms with Crippen LogP contribution in [-0.2, 0) is 4.74 Å². The van der Waals surface area contributed by atoms with Gasteiger partial charge in [-0.2, -0.15) is 0 Å². The van der Waals surface area contributed by atoms with Crippen LogP contribution in [0.5, 0.6) is 5.75 Å². The fourth-order valence-corrected chi connectivity index (χ4v) is 1.45. The molecule has 2 N–H and O–H groups in total. The maximum Gasteiger partial charge on any atom is 0.344 e. The summed E-state index contributed by atoms with van der Waals surface area (Å²) in [4.78, 5) is 11.7. The first-order valence-electron chi connectivity index (χ1n) is 5.44. The number of nitrogen functional groups attached to an aromatic ring is 1. The Balaban J connectivity index is 3.12. The highest BCUT2D eigenvalue weighted by atomic mass is 19.3. The molecule has 0 aliphatic heterocycles. The molecular formula is C12H15F2NO3. The van der Waals surface area contributed by atoms with Crippen LogP contribution in [0.25, 0.3) is 0 Å². The van der Waals surface area contributed by atoms with Crippen LogP contribution in [0.3, 0.4) is 0 Å². The Hall–Kier alpha value is -1.85. The van der Waals surface area contributed by atoms with E-state index in [1.165, 1.54) is 6.07 Å². The number of anilines is 1. The first kappa shape index (κ1) is 14.2. The Bertz CT molecular complexity index is 436. The Morgan fingerprint density at radius 3 is 2.67 bits per heavy atom. The molecule has 0 unspecified atom stereocenters. The zero-order valence-corrected chi connectivity index (χ0v) is 10.2. The van der Waals surface area contributed by atoms with Gasteiger partial charge in [-0.25, -0.2) is 13.6 Å². The van der Waals surface area contributed by atoms with E-state index in [1.807, 2.05) is 0 Å². The summed E-state index contributed by atoms with van der Waals surface area (Å²) in [5.74, 6) is -0.628. The molecule has 0 amide bonds. The van der Waals surface area contributed by atoms with Gasteiger partial charge in [-0.1, -0.05) is 6.07 Å². The van der Waals surface area contributed by atoms with E-state index in [0.29, 0.717) is 5.56 Å². The molecule has 0 aliphatic carbocycles. The zero-order valence-electron chi connectivity index (χ0n) is 10.2. The lowest BCUT2D eigenvalue weighted by molar-refractivity contribution is 0.0509. The number of rotatable bonds is 5. The number of carbonyl (C=O) groups is 1. The molecule has 0 heterocycles. The third kappa shape index (κ3) is 3.32. The second kappa shape index (κ2) is 6.18. The van der Waals surface area contributed by atoms with Gasteiger partial charge in [0.25, 0.3) is 6.43 Å². The van der Waals surface area contributed by atoms with Gasteiger partial charge in [0.1, 0.15) is 17.9 Å². The Kier molecular flexibility index (Phi) is 4.88. The monoisotopic (exact) mass is 259 g/mol. The maximum absolute atomic E-state index is 12.2. The molecule has 0 spiro atoms. The fraction of sp³-hybridized carbons (Fsp3) is 0.417. The van der Waals surface area contributed by atoms with Crippen LogP contribution < -0.4 is 10.5 Å². The van der Waals surface area contributed by atoms with Crippen molar-refractivity contribution in [1.82, 2.24) is 0 Å². The molecule has 18 heavy (non-hydrogen) atoms. The summed E-state index contributed by atoms with van der Waals surface area (Å²) in [6.45, 7) is 2.66. The standard InChI is InChI=1S/C12H15F2NO3/c1-3-17-12(16)10-8(15)5-4-7(2)11(10)18-6-9(13)14/h4-5,9H,3,6,15H2,1-2H3. The normalized spacial score (nSPS) is 10.5. The second-order valence-corrected chi connectivity index (χ2v) is 3.60. The molecule has 0 atom stereocenters. The number of alkyl halides is 2. The van der Waals surface area contributed by atoms with Gasteiger partial charge in [0.15, 0.2) is 0 Å². The predicted molar refractivity (Wildman–Crippen MR) is 63.0 cm³/mol. The van der Waals surface area contributed by atoms with Crippen LogP contribution in [0.4, 0.5) is 14.5 Å². The number of hydrogen-bond acceptors (Lipinski definition) is 4. The molecule has 4 nitrogen and oxygen atoms in total. The number of hydrogen-bond donors (Lipinski definition) is 1. The van der Waals surface area contributed by atoms with E-state index in [-0.39, 0.29) is 23.6 Å². The Morgan fingerprint density at radius 2 is 2.11 bits per heavy atom. The average molecular weight is 259 g/mol. The number of nitrogens with two attached hydrogens (primary N) is 1. The molecule has 6 heteroatoms. The number of aryl methyl sites for hydroxylation is 1. The highest BCUT2D eigenvalue weighted by Crippen LogP contribution is 2.29. The fourth-order valence-electron chi connectivity index (χ4n) is 1.45. The van der Waals surface area contributed by atoms with Crippen LogP contribution in [0, 0.1) is 6.92 Å². The van der Waals surface area contributed by atoms with Crippen molar-refractivity contribution in [3.05, 3.63) is 23.3 Å². The van der Waals surface area contributed by atoms with E-state index in [2.05, 4.69) is 0 Å². The summed E-state index contributed by atoms with van der Waals surface area (Å²) in [6.07, 6.45) is -2.62. The van der Waals surface area contributed by atoms with Crippen molar-refractivity contribution in [1.29, 1.82) is 0 Å². The van der Waals surface area contributed by atoms with E-state index in [4.69, 9.17) is 15.2 Å². The summed E-state index contributed by atoms with van der Waals surface area (Å²) in [6, 6.07) is 3.11. The highest BCUT2D eigenvalue weighted by molar-refractivity contribution is 5.98. The van der Waals surface area contributed by atoms with E-state index in [0.717, 1.165) is 0 Å². The number of ether oxygens (including phenoxy) is 2. The predicted octanol–water partition coefficient (Wildman–Crippen LogP) is 2.40. The van der Waals surface area contributed by atoms with Crippen molar-refractivity contribution in [2.45, 2.75) is 20.3 Å². The highest BCUT2D eigenvalue weighted by Gasteiger charge is 2.20.